The largest absolute Gasteiger partial charge is 0.415 e. The second kappa shape index (κ2) is 6.52. The molecule has 0 N–H and O–H groups in total. The summed E-state index contributed by atoms with van der Waals surface area (Å²) < 4.78 is 27.1. The van der Waals surface area contributed by atoms with E-state index in [9.17, 15) is 14.4 Å². The number of hydrogen-bond donors (Lipinski definition) is 0. The molecule has 0 aromatic carbocycles. The molecule has 0 amide bonds. The summed E-state index contributed by atoms with van der Waals surface area (Å²) in [6.45, 7) is 6.65. The molecule has 0 saturated heterocycles. The maximum Gasteiger partial charge on any atom is 0.317 e. The van der Waals surface area contributed by atoms with Crippen LogP contribution in [0.1, 0.15) is 85.5 Å². The van der Waals surface area contributed by atoms with E-state index in [1.807, 2.05) is 6.92 Å². The first-order valence-electron chi connectivity index (χ1n) is 11.1. The van der Waals surface area contributed by atoms with E-state index in [0.717, 1.165) is 19.3 Å². The molecule has 4 saturated carbocycles. The van der Waals surface area contributed by atoms with E-state index >= 15 is 4.39 Å². The molecule has 5 nitrogen and oxygen atoms in total. The van der Waals surface area contributed by atoms with Crippen LogP contribution >= 0.6 is 0 Å². The molecule has 0 heterocycles. The lowest BCUT2D eigenvalue weighted by Gasteiger charge is -2.63. The van der Waals surface area contributed by atoms with Gasteiger partial charge in [-0.1, -0.05) is 20.3 Å². The van der Waals surface area contributed by atoms with Crippen molar-refractivity contribution in [2.75, 3.05) is 0 Å². The number of esters is 2. The Morgan fingerprint density at radius 2 is 1.62 bits per heavy atom. The number of ketones is 1. The molecular formula is C23H33FO5. The molecule has 0 aromatic heterocycles. The fraction of sp³-hybridized carbons (Fsp3) is 0.870. The molecule has 0 radical (unpaired) electrons. The van der Waals surface area contributed by atoms with E-state index in [2.05, 4.69) is 6.92 Å². The standard InChI is InChI=1S/C23H33FO5/c1-14(25)28-23(29-15(2)26)13-21(4)18-8-10-20(3)9-5-6-17(20)16(18)7-11-22(21,24)12-19(23)27/h16-18H,5-13H2,1-4H3/t16-,17-,18-,20-,21+,22+/m0/s1. The third-order valence-corrected chi connectivity index (χ3v) is 9.02. The van der Waals surface area contributed by atoms with Crippen LogP contribution in [0.25, 0.3) is 0 Å². The smallest absolute Gasteiger partial charge is 0.317 e. The van der Waals surface area contributed by atoms with Gasteiger partial charge in [-0.05, 0) is 61.7 Å². The van der Waals surface area contributed by atoms with E-state index in [1.54, 1.807) is 0 Å². The summed E-state index contributed by atoms with van der Waals surface area (Å²) in [7, 11) is 0. The maximum atomic E-state index is 16.4. The first-order chi connectivity index (χ1) is 13.4. The molecule has 6 heteroatoms. The second-order valence-electron chi connectivity index (χ2n) is 10.6. The Morgan fingerprint density at radius 1 is 0.966 bits per heavy atom. The van der Waals surface area contributed by atoms with Crippen LogP contribution in [0.4, 0.5) is 4.39 Å². The summed E-state index contributed by atoms with van der Waals surface area (Å²) in [6.07, 6.45) is 6.32. The topological polar surface area (TPSA) is 69.7 Å². The van der Waals surface area contributed by atoms with Gasteiger partial charge in [0.2, 0.25) is 5.78 Å². The molecule has 0 unspecified atom stereocenters. The normalized spacial score (nSPS) is 45.6. The number of rotatable bonds is 2. The molecule has 4 aliphatic rings. The van der Waals surface area contributed by atoms with Crippen molar-refractivity contribution in [1.29, 1.82) is 0 Å². The van der Waals surface area contributed by atoms with E-state index in [-0.39, 0.29) is 18.8 Å². The minimum Gasteiger partial charge on any atom is -0.415 e. The summed E-state index contributed by atoms with van der Waals surface area (Å²) in [4.78, 5) is 36.6. The lowest BCUT2D eigenvalue weighted by molar-refractivity contribution is -0.267. The van der Waals surface area contributed by atoms with Crippen molar-refractivity contribution in [2.24, 2.45) is 28.6 Å². The highest BCUT2D eigenvalue weighted by molar-refractivity contribution is 5.92. The van der Waals surface area contributed by atoms with Crippen LogP contribution < -0.4 is 0 Å². The average Bonchev–Trinajstić information content (AvgIpc) is 2.98. The molecule has 4 aliphatic carbocycles. The Morgan fingerprint density at radius 3 is 2.24 bits per heavy atom. The van der Waals surface area contributed by atoms with Gasteiger partial charge in [0.25, 0.3) is 0 Å². The van der Waals surface area contributed by atoms with Crippen LogP contribution in [-0.4, -0.2) is 29.2 Å². The zero-order valence-corrected chi connectivity index (χ0v) is 18.0. The number of ether oxygens (including phenoxy) is 2. The summed E-state index contributed by atoms with van der Waals surface area (Å²) in [5.41, 5.74) is -2.19. The summed E-state index contributed by atoms with van der Waals surface area (Å²) in [5, 5.41) is 0. The van der Waals surface area contributed by atoms with Crippen molar-refractivity contribution in [3.63, 3.8) is 0 Å². The zero-order valence-electron chi connectivity index (χ0n) is 18.0. The Hall–Kier alpha value is -1.46. The van der Waals surface area contributed by atoms with Crippen LogP contribution in [0.5, 0.6) is 0 Å². The highest BCUT2D eigenvalue weighted by Crippen LogP contribution is 2.69. The third kappa shape index (κ3) is 2.96. The Balaban J connectivity index is 1.74. The van der Waals surface area contributed by atoms with Gasteiger partial charge in [0.1, 0.15) is 5.67 Å². The van der Waals surface area contributed by atoms with Crippen LogP contribution in [0, 0.1) is 28.6 Å². The van der Waals surface area contributed by atoms with Gasteiger partial charge in [0, 0.05) is 32.1 Å². The van der Waals surface area contributed by atoms with Gasteiger partial charge in [-0.15, -0.1) is 0 Å². The van der Waals surface area contributed by atoms with Crippen LogP contribution in [0.15, 0.2) is 0 Å². The van der Waals surface area contributed by atoms with Crippen molar-refractivity contribution >= 4 is 17.7 Å². The minimum atomic E-state index is -2.00. The van der Waals surface area contributed by atoms with E-state index in [0.29, 0.717) is 23.7 Å². The average molecular weight is 409 g/mol. The molecule has 0 aromatic rings. The first kappa shape index (κ1) is 20.8. The number of Topliss-reactive ketones (excluding diaryl/α,β-unsaturated/α-hetero) is 1. The lowest BCUT2D eigenvalue weighted by atomic mass is 9.43. The Kier molecular flexibility index (Phi) is 4.67. The Labute approximate surface area is 172 Å². The number of halogens is 1. The molecule has 4 rings (SSSR count). The molecule has 6 atom stereocenters. The van der Waals surface area contributed by atoms with Crippen molar-refractivity contribution in [2.45, 2.75) is 96.9 Å². The van der Waals surface area contributed by atoms with Gasteiger partial charge in [0.05, 0.1) is 0 Å². The van der Waals surface area contributed by atoms with Crippen molar-refractivity contribution in [3.05, 3.63) is 0 Å². The minimum absolute atomic E-state index is 0.0842. The van der Waals surface area contributed by atoms with Gasteiger partial charge < -0.3 is 9.47 Å². The third-order valence-electron chi connectivity index (χ3n) is 9.02. The van der Waals surface area contributed by atoms with Gasteiger partial charge in [-0.3, -0.25) is 14.4 Å². The molecule has 162 valence electrons. The van der Waals surface area contributed by atoms with Gasteiger partial charge in [0.15, 0.2) is 0 Å². The quantitative estimate of drug-likeness (QED) is 0.497. The van der Waals surface area contributed by atoms with Gasteiger partial charge in [-0.2, -0.15) is 0 Å². The summed E-state index contributed by atoms with van der Waals surface area (Å²) in [5.74, 6) is -2.95. The summed E-state index contributed by atoms with van der Waals surface area (Å²) in [6, 6.07) is 0. The highest BCUT2D eigenvalue weighted by Gasteiger charge is 2.70. The van der Waals surface area contributed by atoms with Crippen LogP contribution in [-0.2, 0) is 23.9 Å². The molecular weight excluding hydrogens is 375 g/mol. The number of hydrogen-bond acceptors (Lipinski definition) is 5. The fourth-order valence-electron chi connectivity index (χ4n) is 7.71. The number of fused-ring (bicyclic) bond motifs is 5. The zero-order chi connectivity index (χ0) is 21.2. The second-order valence-corrected chi connectivity index (χ2v) is 10.6. The fourth-order valence-corrected chi connectivity index (χ4v) is 7.71. The number of carbonyl (C=O) groups is 3. The highest BCUT2D eigenvalue weighted by atomic mass is 19.1. The summed E-state index contributed by atoms with van der Waals surface area (Å²) >= 11 is 0. The van der Waals surface area contributed by atoms with Crippen molar-refractivity contribution in [3.8, 4) is 0 Å². The maximum absolute atomic E-state index is 16.4. The van der Waals surface area contributed by atoms with E-state index in [1.165, 1.54) is 33.1 Å². The molecule has 0 aliphatic heterocycles. The van der Waals surface area contributed by atoms with Crippen LogP contribution in [0.2, 0.25) is 0 Å². The van der Waals surface area contributed by atoms with E-state index < -0.39 is 34.6 Å². The van der Waals surface area contributed by atoms with Crippen LogP contribution in [0.3, 0.4) is 0 Å². The van der Waals surface area contributed by atoms with Crippen molar-refractivity contribution < 1.29 is 28.2 Å². The first-order valence-corrected chi connectivity index (χ1v) is 11.1. The number of carbonyl (C=O) groups excluding carboxylic acids is 3. The lowest BCUT2D eigenvalue weighted by Crippen LogP contribution is -2.67. The SMILES string of the molecule is CC(=O)OC1(OC(C)=O)C[C@]2(C)[C@H]3CC[C@]4(C)CCC[C@H]4[C@@H]3CC[C@@]2(F)CC1=O. The Bertz CT molecular complexity index is 734. The monoisotopic (exact) mass is 408 g/mol. The molecule has 4 fully saturated rings. The molecule has 0 bridgehead atoms. The number of alkyl halides is 1. The van der Waals surface area contributed by atoms with Crippen molar-refractivity contribution in [1.82, 2.24) is 0 Å². The van der Waals surface area contributed by atoms with Gasteiger partial charge in [-0.25, -0.2) is 4.39 Å². The molecule has 0 spiro atoms. The predicted octanol–water partition coefficient (Wildman–Crippen LogP) is 4.51. The predicted molar refractivity (Wildman–Crippen MR) is 103 cm³/mol. The van der Waals surface area contributed by atoms with E-state index in [4.69, 9.17) is 9.47 Å². The van der Waals surface area contributed by atoms with Gasteiger partial charge >= 0.3 is 17.7 Å². The molecule has 29 heavy (non-hydrogen) atoms.